The molecule has 0 aliphatic carbocycles. The van der Waals surface area contributed by atoms with E-state index in [1.807, 2.05) is 115 Å². The molecule has 1 nitrogen and oxygen atoms in total. The molecule has 0 aliphatic heterocycles. The maximum Gasteiger partial charge on any atom is 0.0645 e. The van der Waals surface area contributed by atoms with E-state index in [0.717, 1.165) is 54.9 Å². The summed E-state index contributed by atoms with van der Waals surface area (Å²) in [6.07, 6.45) is 0. The van der Waals surface area contributed by atoms with Gasteiger partial charge in [-0.25, -0.2) is 0 Å². The van der Waals surface area contributed by atoms with Gasteiger partial charge in [-0.05, 0) is 136 Å². The number of hydrogen-bond acceptors (Lipinski definition) is 1. The Bertz CT molecular complexity index is 4160. The highest BCUT2D eigenvalue weighted by atomic mass is 15.1. The average Bonchev–Trinajstić information content (AvgIpc) is 3.47. The summed E-state index contributed by atoms with van der Waals surface area (Å²) in [6, 6.07) is 40.0. The Hall–Kier alpha value is -8.00. The van der Waals surface area contributed by atoms with Gasteiger partial charge >= 0.3 is 0 Å². The molecular weight excluding hydrogens is 735 g/mol. The highest BCUT2D eigenvalue weighted by Crippen LogP contribution is 2.42. The van der Waals surface area contributed by atoms with Gasteiger partial charge in [-0.3, -0.25) is 0 Å². The number of nitrogens with zero attached hydrogens (tertiary/aromatic N) is 1. The molecule has 0 fully saturated rings. The van der Waals surface area contributed by atoms with Gasteiger partial charge in [0.05, 0.1) is 20.6 Å². The highest BCUT2D eigenvalue weighted by Gasteiger charge is 2.16. The summed E-state index contributed by atoms with van der Waals surface area (Å²) in [5.74, 6) is 0. The summed E-state index contributed by atoms with van der Waals surface area (Å²) >= 11 is 0. The molecule has 0 N–H and O–H groups in total. The first kappa shape index (κ1) is 23.6. The van der Waals surface area contributed by atoms with Crippen molar-refractivity contribution < 1.29 is 20.6 Å². The molecule has 0 amide bonds. The van der Waals surface area contributed by atoms with E-state index in [1.54, 1.807) is 36.4 Å². The molecule has 0 spiro atoms. The van der Waals surface area contributed by atoms with E-state index in [4.69, 9.17) is 8.22 Å². The molecular formula is C60H41N. The normalized spacial score (nSPS) is 14.7. The van der Waals surface area contributed by atoms with Crippen LogP contribution < -0.4 is 4.90 Å². The number of anilines is 3. The number of benzene rings is 11. The Balaban J connectivity index is 1.12. The molecule has 1 heteroatoms. The van der Waals surface area contributed by atoms with Crippen molar-refractivity contribution in [2.75, 3.05) is 4.90 Å². The van der Waals surface area contributed by atoms with Crippen LogP contribution in [0.15, 0.2) is 248 Å². The van der Waals surface area contributed by atoms with Gasteiger partial charge in [0.25, 0.3) is 0 Å². The van der Waals surface area contributed by atoms with Gasteiger partial charge in [0.15, 0.2) is 0 Å². The molecule has 0 atom stereocenters. The minimum Gasteiger partial charge on any atom is -0.311 e. The maximum atomic E-state index is 9.67. The van der Waals surface area contributed by atoms with Crippen LogP contribution in [0.5, 0.6) is 0 Å². The van der Waals surface area contributed by atoms with E-state index in [-0.39, 0.29) is 16.9 Å². The largest absolute Gasteiger partial charge is 0.311 e. The van der Waals surface area contributed by atoms with E-state index in [9.17, 15) is 12.3 Å². The summed E-state index contributed by atoms with van der Waals surface area (Å²) in [5.41, 5.74) is 3.85. The molecule has 61 heavy (non-hydrogen) atoms. The van der Waals surface area contributed by atoms with Crippen LogP contribution in [-0.2, 0) is 0 Å². The fourth-order valence-electron chi connectivity index (χ4n) is 7.80. The summed E-state index contributed by atoms with van der Waals surface area (Å²) in [7, 11) is 0. The van der Waals surface area contributed by atoms with Gasteiger partial charge in [-0.2, -0.15) is 0 Å². The zero-order valence-corrected chi connectivity index (χ0v) is 32.5. The first-order chi connectivity index (χ1) is 36.5. The monoisotopic (exact) mass is 790 g/mol. The second-order valence-corrected chi connectivity index (χ2v) is 14.5. The van der Waals surface area contributed by atoms with Crippen molar-refractivity contribution >= 4 is 49.4 Å². The van der Waals surface area contributed by atoms with Crippen LogP contribution in [0.25, 0.3) is 88.0 Å². The predicted molar refractivity (Wildman–Crippen MR) is 261 cm³/mol. The molecule has 11 rings (SSSR count). The van der Waals surface area contributed by atoms with E-state index in [2.05, 4.69) is 6.07 Å². The van der Waals surface area contributed by atoms with Crippen LogP contribution in [0.2, 0.25) is 0 Å². The molecule has 0 aromatic heterocycles. The Kier molecular flexibility index (Phi) is 6.04. The Morgan fingerprint density at radius 3 is 1.56 bits per heavy atom. The lowest BCUT2D eigenvalue weighted by molar-refractivity contribution is 1.28. The maximum absolute atomic E-state index is 9.67. The summed E-state index contributed by atoms with van der Waals surface area (Å²) in [6.45, 7) is 0. The van der Waals surface area contributed by atoms with Gasteiger partial charge in [0.1, 0.15) is 0 Å². The Labute approximate surface area is 378 Å². The van der Waals surface area contributed by atoms with Crippen molar-refractivity contribution in [3.63, 3.8) is 0 Å². The third kappa shape index (κ3) is 7.03. The smallest absolute Gasteiger partial charge is 0.0645 e. The summed E-state index contributed by atoms with van der Waals surface area (Å²) < 4.78 is 137. The summed E-state index contributed by atoms with van der Waals surface area (Å²) in [5, 5.41) is 3.23. The molecule has 0 radical (unpaired) electrons. The second kappa shape index (κ2) is 15.6. The van der Waals surface area contributed by atoms with Crippen LogP contribution in [0.3, 0.4) is 0 Å². The van der Waals surface area contributed by atoms with Gasteiger partial charge < -0.3 is 4.90 Å². The van der Waals surface area contributed by atoms with Crippen LogP contribution in [-0.4, -0.2) is 0 Å². The fourth-order valence-corrected chi connectivity index (χ4v) is 7.80. The number of hydrogen-bond donors (Lipinski definition) is 0. The lowest BCUT2D eigenvalue weighted by Crippen LogP contribution is -2.09. The Morgan fingerprint density at radius 1 is 0.295 bits per heavy atom. The van der Waals surface area contributed by atoms with Crippen LogP contribution >= 0.6 is 0 Å². The van der Waals surface area contributed by atoms with Crippen molar-refractivity contribution in [3.8, 4) is 55.6 Å². The number of fused-ring (bicyclic) bond motifs is 3. The molecule has 0 saturated carbocycles. The molecule has 0 aliphatic rings. The summed E-state index contributed by atoms with van der Waals surface area (Å²) in [4.78, 5) is 1.17. The SMILES string of the molecule is [2H]c1c([2H])c(N(c2ccc(-c3c(-c4ccccc4)ccc4ccccc34)cc2)c2c([2H])c([2H])c(-c3c([2H])c([2H])c4c([2H])c([2H])c([2H])c([2H])c4c3[2H])c([2H])c2[2H])c([2H])c([2H])c1-c1ccc(-c2ccc3ccccc3c2)cc1. The third-order valence-electron chi connectivity index (χ3n) is 10.9. The van der Waals surface area contributed by atoms with Gasteiger partial charge in [-0.1, -0.05) is 200 Å². The molecule has 11 aromatic rings. The molecule has 0 heterocycles. The second-order valence-electron chi connectivity index (χ2n) is 14.5. The first-order valence-electron chi connectivity index (χ1n) is 27.3. The highest BCUT2D eigenvalue weighted by molar-refractivity contribution is 6.04. The molecule has 11 aromatic carbocycles. The van der Waals surface area contributed by atoms with Crippen molar-refractivity contribution in [1.82, 2.24) is 0 Å². The molecule has 0 saturated heterocycles. The fraction of sp³-hybridized carbons (Fsp3) is 0. The molecule has 0 bridgehead atoms. The lowest BCUT2D eigenvalue weighted by atomic mass is 9.89. The van der Waals surface area contributed by atoms with Crippen molar-refractivity contribution in [1.29, 1.82) is 0 Å². The van der Waals surface area contributed by atoms with Gasteiger partial charge in [0.2, 0.25) is 0 Å². The molecule has 0 unspecified atom stereocenters. The zero-order valence-electron chi connectivity index (χ0n) is 47.5. The topological polar surface area (TPSA) is 3.24 Å². The van der Waals surface area contributed by atoms with Crippen molar-refractivity contribution in [2.45, 2.75) is 0 Å². The van der Waals surface area contributed by atoms with E-state index in [1.165, 1.54) is 4.90 Å². The Morgan fingerprint density at radius 2 is 0.836 bits per heavy atom. The van der Waals surface area contributed by atoms with Gasteiger partial charge in [-0.15, -0.1) is 0 Å². The predicted octanol–water partition coefficient (Wildman–Crippen LogP) is 17.0. The van der Waals surface area contributed by atoms with Crippen LogP contribution in [0.1, 0.15) is 20.6 Å². The van der Waals surface area contributed by atoms with Crippen molar-refractivity contribution in [2.24, 2.45) is 0 Å². The van der Waals surface area contributed by atoms with Crippen molar-refractivity contribution in [3.05, 3.63) is 248 Å². The minimum atomic E-state index is -0.791. The quantitative estimate of drug-likeness (QED) is 0.148. The van der Waals surface area contributed by atoms with E-state index < -0.39 is 118 Å². The number of rotatable bonds is 8. The van der Waals surface area contributed by atoms with Crippen LogP contribution in [0, 0.1) is 0 Å². The average molecular weight is 791 g/mol. The molecule has 286 valence electrons. The van der Waals surface area contributed by atoms with Crippen LogP contribution in [0.4, 0.5) is 17.1 Å². The zero-order chi connectivity index (χ0) is 53.6. The lowest BCUT2D eigenvalue weighted by Gasteiger charge is -2.26. The minimum absolute atomic E-state index is 0.00941. The van der Waals surface area contributed by atoms with Gasteiger partial charge in [0, 0.05) is 17.1 Å². The standard InChI is InChI=1S/C60H41N/c1-2-12-48(13-3-1)59-39-32-49-14-8-9-17-58(49)60(59)50-30-37-57(38-31-50)61(56-35-28-47(29-36-56)54-25-23-43-11-5-7-16-52(43)41-54)55-33-26-45(27-34-55)44-18-20-46(21-19-44)53-24-22-42-10-4-6-15-51(42)40-53/h1-41H/i5D,7D,11D,16D,23D,25D,26D,27D,28D,29D,33D,34D,35D,36D,41D. The van der Waals surface area contributed by atoms with E-state index in [0.29, 0.717) is 5.56 Å². The first-order valence-corrected chi connectivity index (χ1v) is 19.8. The third-order valence-corrected chi connectivity index (χ3v) is 10.9. The van der Waals surface area contributed by atoms with E-state index >= 15 is 0 Å².